The highest BCUT2D eigenvalue weighted by molar-refractivity contribution is 5.88. The number of halogens is 1. The Morgan fingerprint density at radius 1 is 1.06 bits per heavy atom. The van der Waals surface area contributed by atoms with Crippen LogP contribution in [-0.4, -0.2) is 33.1 Å². The Labute approximate surface area is 197 Å². The lowest BCUT2D eigenvalue weighted by atomic mass is 9.99. The van der Waals surface area contributed by atoms with Gasteiger partial charge in [0.1, 0.15) is 17.4 Å². The van der Waals surface area contributed by atoms with Crippen molar-refractivity contribution in [2.24, 2.45) is 7.05 Å². The number of aldehydes is 1. The topological polar surface area (TPSA) is 73.1 Å². The van der Waals surface area contributed by atoms with Gasteiger partial charge in [0.05, 0.1) is 36.8 Å². The van der Waals surface area contributed by atoms with E-state index < -0.39 is 0 Å². The van der Waals surface area contributed by atoms with Crippen molar-refractivity contribution < 1.29 is 13.9 Å². The van der Waals surface area contributed by atoms with Crippen molar-refractivity contribution >= 4 is 18.1 Å². The molecule has 0 saturated carbocycles. The maximum Gasteiger partial charge on any atom is 0.232 e. The molecule has 0 atom stereocenters. The molecular weight excluding hydrogens is 433 g/mol. The third-order valence-electron chi connectivity index (χ3n) is 5.56. The molecule has 0 spiro atoms. The van der Waals surface area contributed by atoms with E-state index in [0.29, 0.717) is 35.0 Å². The van der Waals surface area contributed by atoms with Gasteiger partial charge in [-0.15, -0.1) is 0 Å². The van der Waals surface area contributed by atoms with Crippen LogP contribution >= 0.6 is 0 Å². The molecule has 0 saturated heterocycles. The van der Waals surface area contributed by atoms with Gasteiger partial charge < -0.3 is 4.74 Å². The number of carbonyl (C=O) groups is 1. The van der Waals surface area contributed by atoms with E-state index in [1.165, 1.54) is 12.1 Å². The highest BCUT2D eigenvalue weighted by Crippen LogP contribution is 2.32. The summed E-state index contributed by atoms with van der Waals surface area (Å²) in [4.78, 5) is 23.7. The van der Waals surface area contributed by atoms with E-state index in [9.17, 15) is 9.18 Å². The summed E-state index contributed by atoms with van der Waals surface area (Å²) >= 11 is 0. The number of aryl methyl sites for hydroxylation is 1. The van der Waals surface area contributed by atoms with Gasteiger partial charge >= 0.3 is 0 Å². The molecule has 0 N–H and O–H groups in total. The third kappa shape index (κ3) is 4.66. The predicted molar refractivity (Wildman–Crippen MR) is 129 cm³/mol. The molecule has 0 fully saturated rings. The monoisotopic (exact) mass is 459 g/mol. The van der Waals surface area contributed by atoms with Crippen LogP contribution in [0.3, 0.4) is 0 Å². The Balaban J connectivity index is 1.90. The van der Waals surface area contributed by atoms with Crippen LogP contribution < -0.4 is 9.64 Å². The molecule has 0 aliphatic heterocycles. The molecule has 7 nitrogen and oxygen atoms in total. The highest BCUT2D eigenvalue weighted by Gasteiger charge is 2.23. The van der Waals surface area contributed by atoms with Crippen LogP contribution in [0.4, 0.5) is 16.2 Å². The number of benzene rings is 2. The third-order valence-corrected chi connectivity index (χ3v) is 5.56. The van der Waals surface area contributed by atoms with Gasteiger partial charge in [-0.25, -0.2) is 14.4 Å². The summed E-state index contributed by atoms with van der Waals surface area (Å²) in [6, 6.07) is 15.6. The first-order valence-corrected chi connectivity index (χ1v) is 10.9. The van der Waals surface area contributed by atoms with E-state index in [-0.39, 0.29) is 11.7 Å². The molecule has 4 rings (SSSR count). The molecule has 0 amide bonds. The fraction of sp³-hybridized carbons (Fsp3) is 0.231. The lowest BCUT2D eigenvalue weighted by molar-refractivity contribution is 0.112. The number of anilines is 2. The average Bonchev–Trinajstić information content (AvgIpc) is 3.28. The molecule has 0 radical (unpaired) electrons. The lowest BCUT2D eigenvalue weighted by Crippen LogP contribution is -2.23. The lowest BCUT2D eigenvalue weighted by Gasteiger charge is -2.25. The van der Waals surface area contributed by atoms with Gasteiger partial charge in [-0.05, 0) is 47.9 Å². The highest BCUT2D eigenvalue weighted by atomic mass is 19.1. The summed E-state index contributed by atoms with van der Waals surface area (Å²) in [5.41, 5.74) is 3.15. The van der Waals surface area contributed by atoms with Crippen molar-refractivity contribution in [1.29, 1.82) is 0 Å². The Morgan fingerprint density at radius 2 is 1.76 bits per heavy atom. The second kappa shape index (κ2) is 9.82. The molecule has 34 heavy (non-hydrogen) atoms. The molecule has 2 heterocycles. The van der Waals surface area contributed by atoms with Crippen LogP contribution in [0.25, 0.3) is 11.3 Å². The van der Waals surface area contributed by atoms with Crippen molar-refractivity contribution in [2.45, 2.75) is 26.3 Å². The Bertz CT molecular complexity index is 1280. The van der Waals surface area contributed by atoms with Gasteiger partial charge in [-0.2, -0.15) is 5.10 Å². The standard InChI is InChI=1S/C26H26FN5O2/c1-17(2)24-22(16-33)25(19-7-9-20(27)10-8-19)30-26(29-24)32(23-13-14-28-31(23)3)15-18-5-11-21(34-4)12-6-18/h5-14,16-17H,15H2,1-4H3. The van der Waals surface area contributed by atoms with Crippen molar-refractivity contribution in [1.82, 2.24) is 19.7 Å². The van der Waals surface area contributed by atoms with Crippen LogP contribution in [-0.2, 0) is 13.6 Å². The maximum absolute atomic E-state index is 13.6. The smallest absolute Gasteiger partial charge is 0.232 e. The number of rotatable bonds is 8. The number of methoxy groups -OCH3 is 1. The van der Waals surface area contributed by atoms with Crippen LogP contribution in [0.15, 0.2) is 60.8 Å². The van der Waals surface area contributed by atoms with Crippen molar-refractivity contribution in [3.05, 3.63) is 83.4 Å². The van der Waals surface area contributed by atoms with Gasteiger partial charge in [0, 0.05) is 18.7 Å². The zero-order valence-corrected chi connectivity index (χ0v) is 19.6. The largest absolute Gasteiger partial charge is 0.497 e. The van der Waals surface area contributed by atoms with E-state index in [4.69, 9.17) is 14.7 Å². The molecule has 0 aliphatic carbocycles. The molecule has 0 bridgehead atoms. The first kappa shape index (κ1) is 23.1. The molecular formula is C26H26FN5O2. The van der Waals surface area contributed by atoms with Crippen LogP contribution in [0.5, 0.6) is 5.75 Å². The fourth-order valence-corrected chi connectivity index (χ4v) is 3.78. The molecule has 0 aliphatic rings. The Morgan fingerprint density at radius 3 is 2.32 bits per heavy atom. The SMILES string of the molecule is COc1ccc(CN(c2nc(-c3ccc(F)cc3)c(C=O)c(C(C)C)n2)c2ccnn2C)cc1. The predicted octanol–water partition coefficient (Wildman–Crippen LogP) is 5.30. The van der Waals surface area contributed by atoms with Gasteiger partial charge in [-0.3, -0.25) is 14.4 Å². The van der Waals surface area contributed by atoms with Crippen LogP contribution in [0.2, 0.25) is 0 Å². The summed E-state index contributed by atoms with van der Waals surface area (Å²) in [5.74, 6) is 1.59. The van der Waals surface area contributed by atoms with E-state index in [1.807, 2.05) is 56.1 Å². The molecule has 2 aromatic heterocycles. The van der Waals surface area contributed by atoms with Gasteiger partial charge in [0.15, 0.2) is 6.29 Å². The summed E-state index contributed by atoms with van der Waals surface area (Å²) in [7, 11) is 3.48. The minimum Gasteiger partial charge on any atom is -0.497 e. The van der Waals surface area contributed by atoms with Gasteiger partial charge in [0.25, 0.3) is 0 Å². The zero-order valence-electron chi connectivity index (χ0n) is 19.6. The zero-order chi connectivity index (χ0) is 24.2. The summed E-state index contributed by atoms with van der Waals surface area (Å²) in [6.07, 6.45) is 2.48. The number of nitrogens with zero attached hydrogens (tertiary/aromatic N) is 5. The molecule has 0 unspecified atom stereocenters. The second-order valence-corrected chi connectivity index (χ2v) is 8.20. The second-order valence-electron chi connectivity index (χ2n) is 8.20. The van der Waals surface area contributed by atoms with E-state index in [1.54, 1.807) is 30.1 Å². The number of aromatic nitrogens is 4. The quantitative estimate of drug-likeness (QED) is 0.333. The number of hydrogen-bond acceptors (Lipinski definition) is 6. The fourth-order valence-electron chi connectivity index (χ4n) is 3.78. The van der Waals surface area contributed by atoms with Crippen molar-refractivity contribution in [3.63, 3.8) is 0 Å². The van der Waals surface area contributed by atoms with Gasteiger partial charge in [0.2, 0.25) is 5.95 Å². The minimum absolute atomic E-state index is 0.0319. The van der Waals surface area contributed by atoms with E-state index in [2.05, 4.69) is 5.10 Å². The number of ether oxygens (including phenoxy) is 1. The molecule has 4 aromatic rings. The Kier molecular flexibility index (Phi) is 6.67. The first-order valence-electron chi connectivity index (χ1n) is 10.9. The van der Waals surface area contributed by atoms with E-state index >= 15 is 0 Å². The van der Waals surface area contributed by atoms with Crippen LogP contribution in [0.1, 0.15) is 41.4 Å². The summed E-state index contributed by atoms with van der Waals surface area (Å²) < 4.78 is 20.6. The van der Waals surface area contributed by atoms with Crippen molar-refractivity contribution in [3.8, 4) is 17.0 Å². The van der Waals surface area contributed by atoms with Crippen molar-refractivity contribution in [2.75, 3.05) is 12.0 Å². The van der Waals surface area contributed by atoms with Gasteiger partial charge in [-0.1, -0.05) is 26.0 Å². The molecule has 174 valence electrons. The van der Waals surface area contributed by atoms with Crippen LogP contribution in [0, 0.1) is 5.82 Å². The first-order chi connectivity index (χ1) is 16.4. The maximum atomic E-state index is 13.6. The normalized spacial score (nSPS) is 11.0. The Hall–Kier alpha value is -4.07. The summed E-state index contributed by atoms with van der Waals surface area (Å²) in [6.45, 7) is 4.42. The minimum atomic E-state index is -0.356. The molecule has 2 aromatic carbocycles. The number of carbonyl (C=O) groups excluding carboxylic acids is 1. The number of hydrogen-bond donors (Lipinski definition) is 0. The summed E-state index contributed by atoms with van der Waals surface area (Å²) in [5, 5.41) is 4.32. The molecule has 8 heteroatoms. The average molecular weight is 460 g/mol. The van der Waals surface area contributed by atoms with E-state index in [0.717, 1.165) is 23.4 Å².